The number of hydrogen-bond donors (Lipinski definition) is 1. The molecule has 5 heteroatoms. The van der Waals surface area contributed by atoms with Crippen molar-refractivity contribution in [2.75, 3.05) is 5.32 Å². The summed E-state index contributed by atoms with van der Waals surface area (Å²) in [4.78, 5) is 16.8. The first kappa shape index (κ1) is 17.6. The topological polar surface area (TPSA) is 37.3 Å². The number of anilines is 1. The van der Waals surface area contributed by atoms with Crippen molar-refractivity contribution in [2.45, 2.75) is 52.1 Å². The number of hydrogen-bond acceptors (Lipinski definition) is 2. The summed E-state index contributed by atoms with van der Waals surface area (Å²) in [5, 5.41) is 4.43. The molecule has 2 amide bonds. The summed E-state index contributed by atoms with van der Waals surface area (Å²) >= 11 is 1.92. The molecule has 1 aliphatic heterocycles. The van der Waals surface area contributed by atoms with E-state index in [-0.39, 0.29) is 12.1 Å². The van der Waals surface area contributed by atoms with Gasteiger partial charge >= 0.3 is 6.03 Å². The lowest BCUT2D eigenvalue weighted by Gasteiger charge is -2.28. The largest absolute Gasteiger partial charge is 0.322 e. The van der Waals surface area contributed by atoms with Crippen molar-refractivity contribution in [3.8, 4) is 5.00 Å². The Morgan fingerprint density at radius 3 is 2.86 bits per heavy atom. The summed E-state index contributed by atoms with van der Waals surface area (Å²) < 4.78 is 2.31. The van der Waals surface area contributed by atoms with E-state index in [2.05, 4.69) is 35.1 Å². The van der Waals surface area contributed by atoms with E-state index in [1.165, 1.54) is 46.0 Å². The van der Waals surface area contributed by atoms with Gasteiger partial charge in [0.05, 0.1) is 12.6 Å². The van der Waals surface area contributed by atoms with E-state index >= 15 is 0 Å². The van der Waals surface area contributed by atoms with Crippen LogP contribution in [0.5, 0.6) is 0 Å². The van der Waals surface area contributed by atoms with E-state index in [9.17, 15) is 4.79 Å². The van der Waals surface area contributed by atoms with Crippen LogP contribution in [0.15, 0.2) is 42.6 Å². The quantitative estimate of drug-likeness (QED) is 0.556. The third-order valence-electron chi connectivity index (χ3n) is 6.01. The van der Waals surface area contributed by atoms with E-state index < -0.39 is 0 Å². The average molecular weight is 392 g/mol. The highest BCUT2D eigenvalue weighted by atomic mass is 32.1. The summed E-state index contributed by atoms with van der Waals surface area (Å²) in [5.41, 5.74) is 6.01. The van der Waals surface area contributed by atoms with Crippen LogP contribution < -0.4 is 5.32 Å². The van der Waals surface area contributed by atoms with Gasteiger partial charge in [0.2, 0.25) is 0 Å². The van der Waals surface area contributed by atoms with E-state index in [1.54, 1.807) is 0 Å². The predicted octanol–water partition coefficient (Wildman–Crippen LogP) is 5.83. The maximum Gasteiger partial charge on any atom is 0.322 e. The number of rotatable bonds is 1. The van der Waals surface area contributed by atoms with E-state index in [0.717, 1.165) is 17.7 Å². The fourth-order valence-electron chi connectivity index (χ4n) is 4.53. The molecule has 1 N–H and O–H groups in total. The number of aryl methyl sites for hydroxylation is 2. The summed E-state index contributed by atoms with van der Waals surface area (Å²) in [7, 11) is 0. The molecule has 2 aliphatic rings. The number of aromatic nitrogens is 1. The Hall–Kier alpha value is -2.53. The van der Waals surface area contributed by atoms with Gasteiger partial charge in [0.15, 0.2) is 0 Å². The van der Waals surface area contributed by atoms with Gasteiger partial charge < -0.3 is 14.8 Å². The minimum Gasteiger partial charge on any atom is -0.312 e. The fourth-order valence-corrected chi connectivity index (χ4v) is 5.93. The van der Waals surface area contributed by atoms with Crippen molar-refractivity contribution in [3.63, 3.8) is 0 Å². The average Bonchev–Trinajstić information content (AvgIpc) is 3.28. The molecule has 0 radical (unpaired) electrons. The summed E-state index contributed by atoms with van der Waals surface area (Å²) in [5.74, 6) is 0. The molecule has 28 heavy (non-hydrogen) atoms. The van der Waals surface area contributed by atoms with Gasteiger partial charge in [-0.2, -0.15) is 0 Å². The fraction of sp³-hybridized carbons (Fsp3) is 0.348. The molecule has 0 saturated carbocycles. The van der Waals surface area contributed by atoms with Gasteiger partial charge in [-0.25, -0.2) is 4.79 Å². The number of urea groups is 1. The second-order valence-electron chi connectivity index (χ2n) is 7.90. The zero-order valence-electron chi connectivity index (χ0n) is 16.4. The third kappa shape index (κ3) is 2.85. The van der Waals surface area contributed by atoms with Gasteiger partial charge in [-0.15, -0.1) is 11.3 Å². The van der Waals surface area contributed by atoms with Crippen LogP contribution in [0.25, 0.3) is 5.00 Å². The van der Waals surface area contributed by atoms with Gasteiger partial charge in [0.25, 0.3) is 0 Å². The maximum absolute atomic E-state index is 13.3. The number of nitrogens with one attached hydrogen (secondary N) is 1. The maximum atomic E-state index is 13.3. The molecule has 0 spiro atoms. The van der Waals surface area contributed by atoms with Crippen LogP contribution in [-0.2, 0) is 19.4 Å². The molecule has 3 aromatic rings. The van der Waals surface area contributed by atoms with E-state index in [0.29, 0.717) is 6.54 Å². The van der Waals surface area contributed by atoms with Crippen LogP contribution in [0.1, 0.15) is 53.1 Å². The number of amides is 2. The molecule has 0 unspecified atom stereocenters. The number of benzene rings is 1. The molecule has 144 valence electrons. The highest BCUT2D eigenvalue weighted by Crippen LogP contribution is 2.42. The molecule has 0 saturated heterocycles. The van der Waals surface area contributed by atoms with Gasteiger partial charge in [-0.3, -0.25) is 0 Å². The van der Waals surface area contributed by atoms with Gasteiger partial charge in [-0.05, 0) is 74.9 Å². The number of nitrogens with zero attached hydrogens (tertiary/aromatic N) is 2. The number of thiophene rings is 1. The highest BCUT2D eigenvalue weighted by molar-refractivity contribution is 7.15. The summed E-state index contributed by atoms with van der Waals surface area (Å²) in [6.07, 6.45) is 6.99. The van der Waals surface area contributed by atoms with Crippen LogP contribution in [0.3, 0.4) is 0 Å². The molecule has 1 atom stereocenters. The van der Waals surface area contributed by atoms with E-state index in [1.807, 2.05) is 47.4 Å². The van der Waals surface area contributed by atoms with Gasteiger partial charge in [0, 0.05) is 28.0 Å². The Morgan fingerprint density at radius 2 is 2.00 bits per heavy atom. The zero-order valence-corrected chi connectivity index (χ0v) is 17.2. The number of carbonyl (C=O) groups is 1. The Kier molecular flexibility index (Phi) is 4.27. The molecular weight excluding hydrogens is 366 g/mol. The van der Waals surface area contributed by atoms with Crippen molar-refractivity contribution in [3.05, 3.63) is 69.9 Å². The minimum absolute atomic E-state index is 0.0126. The Labute approximate surface area is 169 Å². The van der Waals surface area contributed by atoms with Crippen molar-refractivity contribution in [2.24, 2.45) is 0 Å². The molecule has 1 aromatic carbocycles. The monoisotopic (exact) mass is 391 g/mol. The molecule has 3 heterocycles. The van der Waals surface area contributed by atoms with Crippen molar-refractivity contribution in [1.29, 1.82) is 0 Å². The molecule has 5 rings (SSSR count). The van der Waals surface area contributed by atoms with Crippen molar-refractivity contribution >= 4 is 23.1 Å². The van der Waals surface area contributed by atoms with Crippen LogP contribution in [0.2, 0.25) is 0 Å². The predicted molar refractivity (Wildman–Crippen MR) is 114 cm³/mol. The van der Waals surface area contributed by atoms with Gasteiger partial charge in [0.1, 0.15) is 5.00 Å². The zero-order chi connectivity index (χ0) is 19.3. The molecule has 1 aliphatic carbocycles. The molecule has 4 nitrogen and oxygen atoms in total. The number of fused-ring (bicyclic) bond motifs is 5. The summed E-state index contributed by atoms with van der Waals surface area (Å²) in [6.45, 7) is 4.84. The Bertz CT molecular complexity index is 1050. The lowest BCUT2D eigenvalue weighted by atomic mass is 9.95. The van der Waals surface area contributed by atoms with Crippen molar-refractivity contribution < 1.29 is 4.79 Å². The Balaban J connectivity index is 1.55. The second-order valence-corrected chi connectivity index (χ2v) is 8.98. The normalized spacial score (nSPS) is 18.1. The van der Waals surface area contributed by atoms with E-state index in [4.69, 9.17) is 0 Å². The smallest absolute Gasteiger partial charge is 0.312 e. The Morgan fingerprint density at radius 1 is 1.14 bits per heavy atom. The first-order chi connectivity index (χ1) is 13.6. The first-order valence-electron chi connectivity index (χ1n) is 10.1. The number of carbonyl (C=O) groups excluding carboxylic acids is 1. The summed E-state index contributed by atoms with van der Waals surface area (Å²) in [6, 6.07) is 12.2. The van der Waals surface area contributed by atoms with Crippen LogP contribution >= 0.6 is 11.3 Å². The first-order valence-corrected chi connectivity index (χ1v) is 10.9. The third-order valence-corrected chi connectivity index (χ3v) is 7.35. The molecule has 0 fully saturated rings. The van der Waals surface area contributed by atoms with Crippen molar-refractivity contribution in [1.82, 2.24) is 9.47 Å². The second kappa shape index (κ2) is 6.82. The minimum atomic E-state index is -0.0329. The lowest BCUT2D eigenvalue weighted by molar-refractivity contribution is 0.189. The van der Waals surface area contributed by atoms with Crippen LogP contribution in [0, 0.1) is 6.92 Å². The van der Waals surface area contributed by atoms with Crippen LogP contribution in [-0.4, -0.2) is 15.5 Å². The lowest BCUT2D eigenvalue weighted by Crippen LogP contribution is -2.36. The molecular formula is C23H25N3OS. The van der Waals surface area contributed by atoms with Gasteiger partial charge in [-0.1, -0.05) is 12.1 Å². The highest BCUT2D eigenvalue weighted by Gasteiger charge is 2.32. The SMILES string of the molecule is Cc1cccc(NC(=O)N2Cc3c(sc4c3CCCC4)-n3cccc3[C@@H]2C)c1. The standard InChI is InChI=1S/C23H25N3OS/c1-15-7-5-8-17(13-15)24-23(27)26-14-19-18-9-3-4-11-21(18)28-22(19)25-12-6-10-20(25)16(26)2/h5-8,10,12-13,16H,3-4,9,11,14H2,1-2H3,(H,24,27)/t16-/m0/s1. The molecule has 2 aromatic heterocycles. The molecule has 0 bridgehead atoms. The van der Waals surface area contributed by atoms with Crippen LogP contribution in [0.4, 0.5) is 10.5 Å².